The molecule has 244 valence electrons. The molecule has 4 heterocycles. The highest BCUT2D eigenvalue weighted by atomic mass is 19.4. The molecule has 2 aromatic heterocycles. The molecule has 0 bridgehead atoms. The number of nitrogens with one attached hydrogen (secondary N) is 1. The van der Waals surface area contributed by atoms with Gasteiger partial charge in [0.25, 0.3) is 0 Å². The zero-order valence-electron chi connectivity index (χ0n) is 24.1. The Labute approximate surface area is 259 Å². The summed E-state index contributed by atoms with van der Waals surface area (Å²) in [6.07, 6.45) is -12.0. The maximum Gasteiger partial charge on any atom is 0.490 e. The summed E-state index contributed by atoms with van der Waals surface area (Å²) in [7, 11) is 0. The number of ether oxygens (including phenoxy) is 2. The number of carbonyl (C=O) groups is 1. The van der Waals surface area contributed by atoms with E-state index in [2.05, 4.69) is 25.0 Å². The van der Waals surface area contributed by atoms with Crippen LogP contribution in [-0.4, -0.2) is 109 Å². The van der Waals surface area contributed by atoms with E-state index in [1.807, 2.05) is 60.7 Å². The molecule has 6 atom stereocenters. The Morgan fingerprint density at radius 2 is 1.65 bits per heavy atom. The van der Waals surface area contributed by atoms with Gasteiger partial charge in [0.1, 0.15) is 30.5 Å². The number of alkyl halides is 3. The van der Waals surface area contributed by atoms with Gasteiger partial charge in [0.05, 0.1) is 26.0 Å². The predicted octanol–water partition coefficient (Wildman–Crippen LogP) is 1.34. The third-order valence-electron chi connectivity index (χ3n) is 8.09. The molecule has 0 amide bonds. The standard InChI is InChI=1S/C30H31F3N6O7/c31-30(32,33)28(44)46-20-13-38(12-19(20)41)29-36-25(34-11-18(16-7-3-1-4-8-16)17-9-5-2-6-10-17)22-26(37-29)39(15-35-22)27-24(43)23(42)21(14-40)45-27/h1-10,15,18-21,23-24,27,40-43H,11-14H2,(H,34,36,37)/t19-,20-,21-,23-,24-,27-/m1/s1. The fraction of sp³-hybridized carbons (Fsp3) is 0.400. The molecule has 4 aromatic rings. The van der Waals surface area contributed by atoms with Gasteiger partial charge in [-0.05, 0) is 11.1 Å². The minimum Gasteiger partial charge on any atom is -0.451 e. The first-order chi connectivity index (χ1) is 22.0. The van der Waals surface area contributed by atoms with Crippen molar-refractivity contribution in [3.63, 3.8) is 0 Å². The summed E-state index contributed by atoms with van der Waals surface area (Å²) in [5.74, 6) is -2.37. The smallest absolute Gasteiger partial charge is 0.451 e. The van der Waals surface area contributed by atoms with E-state index in [0.29, 0.717) is 6.54 Å². The average Bonchev–Trinajstić information content (AvgIpc) is 3.72. The lowest BCUT2D eigenvalue weighted by atomic mass is 9.91. The summed E-state index contributed by atoms with van der Waals surface area (Å²) in [5, 5.41) is 44.5. The van der Waals surface area contributed by atoms with Crippen molar-refractivity contribution >= 4 is 28.9 Å². The summed E-state index contributed by atoms with van der Waals surface area (Å²) < 4.78 is 50.2. The highest BCUT2D eigenvalue weighted by Crippen LogP contribution is 2.34. The summed E-state index contributed by atoms with van der Waals surface area (Å²) in [4.78, 5) is 26.4. The van der Waals surface area contributed by atoms with E-state index in [0.717, 1.165) is 11.1 Å². The summed E-state index contributed by atoms with van der Waals surface area (Å²) in [6.45, 7) is -0.820. The van der Waals surface area contributed by atoms with Gasteiger partial charge >= 0.3 is 12.1 Å². The van der Waals surface area contributed by atoms with Crippen LogP contribution in [0.15, 0.2) is 67.0 Å². The van der Waals surface area contributed by atoms with Crippen LogP contribution >= 0.6 is 0 Å². The maximum atomic E-state index is 12.9. The van der Waals surface area contributed by atoms with Crippen molar-refractivity contribution in [3.05, 3.63) is 78.1 Å². The van der Waals surface area contributed by atoms with Crippen LogP contribution in [0.4, 0.5) is 24.9 Å². The molecular weight excluding hydrogens is 613 g/mol. The van der Waals surface area contributed by atoms with Crippen molar-refractivity contribution in [1.82, 2.24) is 19.5 Å². The topological polar surface area (TPSA) is 175 Å². The molecule has 2 aromatic carbocycles. The Morgan fingerprint density at radius 3 is 2.24 bits per heavy atom. The fourth-order valence-electron chi connectivity index (χ4n) is 5.70. The lowest BCUT2D eigenvalue weighted by molar-refractivity contribution is -0.207. The Kier molecular flexibility index (Phi) is 8.80. The number of hydrogen-bond acceptors (Lipinski definition) is 12. The van der Waals surface area contributed by atoms with E-state index in [-0.39, 0.29) is 41.9 Å². The number of anilines is 2. The quantitative estimate of drug-likeness (QED) is 0.166. The Bertz CT molecular complexity index is 1620. The third-order valence-corrected chi connectivity index (χ3v) is 8.09. The minimum absolute atomic E-state index is 0.0379. The molecular formula is C30H31F3N6O7. The first kappa shape index (κ1) is 31.6. The first-order valence-corrected chi connectivity index (χ1v) is 14.5. The number of rotatable bonds is 9. The molecule has 46 heavy (non-hydrogen) atoms. The first-order valence-electron chi connectivity index (χ1n) is 14.5. The number of carbonyl (C=O) groups excluding carboxylic acids is 1. The van der Waals surface area contributed by atoms with Crippen LogP contribution in [0, 0.1) is 0 Å². The van der Waals surface area contributed by atoms with Gasteiger partial charge in [-0.2, -0.15) is 23.1 Å². The molecule has 2 aliphatic heterocycles. The van der Waals surface area contributed by atoms with E-state index in [4.69, 9.17) is 4.74 Å². The van der Waals surface area contributed by atoms with E-state index >= 15 is 0 Å². The Morgan fingerprint density at radius 1 is 1.00 bits per heavy atom. The number of nitrogens with zero attached hydrogens (tertiary/aromatic N) is 5. The molecule has 0 unspecified atom stereocenters. The molecule has 0 radical (unpaired) electrons. The second-order valence-corrected chi connectivity index (χ2v) is 11.1. The van der Waals surface area contributed by atoms with Crippen LogP contribution < -0.4 is 10.2 Å². The normalized spacial score (nSPS) is 25.0. The van der Waals surface area contributed by atoms with E-state index in [1.54, 1.807) is 0 Å². The lowest BCUT2D eigenvalue weighted by Gasteiger charge is -2.22. The maximum absolute atomic E-state index is 12.9. The molecule has 0 aliphatic carbocycles. The number of β-amino-alcohol motifs (C(OH)–C–C–N with tert-alkyl or cyclic N) is 1. The molecule has 16 heteroatoms. The second kappa shape index (κ2) is 12.8. The van der Waals surface area contributed by atoms with E-state index in [1.165, 1.54) is 15.8 Å². The molecule has 0 spiro atoms. The number of hydrogen-bond donors (Lipinski definition) is 5. The summed E-state index contributed by atoms with van der Waals surface area (Å²) >= 11 is 0. The van der Waals surface area contributed by atoms with Crippen LogP contribution in [0.1, 0.15) is 23.3 Å². The number of aromatic nitrogens is 4. The molecule has 0 saturated carbocycles. The lowest BCUT2D eigenvalue weighted by Crippen LogP contribution is -2.36. The van der Waals surface area contributed by atoms with Crippen LogP contribution in [0.2, 0.25) is 0 Å². The highest BCUT2D eigenvalue weighted by molar-refractivity contribution is 5.84. The molecule has 2 aliphatic rings. The fourth-order valence-corrected chi connectivity index (χ4v) is 5.70. The van der Waals surface area contributed by atoms with Gasteiger partial charge in [0, 0.05) is 12.5 Å². The van der Waals surface area contributed by atoms with Gasteiger partial charge in [-0.3, -0.25) is 4.57 Å². The van der Waals surface area contributed by atoms with Gasteiger partial charge in [0.2, 0.25) is 5.95 Å². The highest BCUT2D eigenvalue weighted by Gasteiger charge is 2.46. The van der Waals surface area contributed by atoms with Gasteiger partial charge in [-0.15, -0.1) is 0 Å². The molecule has 2 saturated heterocycles. The van der Waals surface area contributed by atoms with Gasteiger partial charge in [0.15, 0.2) is 23.2 Å². The number of halogens is 3. The van der Waals surface area contributed by atoms with Crippen molar-refractivity contribution in [3.8, 4) is 0 Å². The van der Waals surface area contributed by atoms with Crippen LogP contribution in [0.5, 0.6) is 0 Å². The number of fused-ring (bicyclic) bond motifs is 1. The van der Waals surface area contributed by atoms with E-state index < -0.39 is 55.5 Å². The zero-order valence-corrected chi connectivity index (χ0v) is 24.1. The van der Waals surface area contributed by atoms with Crippen LogP contribution in [0.3, 0.4) is 0 Å². The number of esters is 1. The largest absolute Gasteiger partial charge is 0.490 e. The summed E-state index contributed by atoms with van der Waals surface area (Å²) in [5.41, 5.74) is 2.41. The van der Waals surface area contributed by atoms with Crippen LogP contribution in [0.25, 0.3) is 11.2 Å². The molecule has 13 nitrogen and oxygen atoms in total. The minimum atomic E-state index is -5.24. The van der Waals surface area contributed by atoms with Crippen molar-refractivity contribution in [2.75, 3.05) is 36.5 Å². The van der Waals surface area contributed by atoms with Gasteiger partial charge in [-0.25, -0.2) is 9.78 Å². The SMILES string of the molecule is O=C(O[C@@H]1CN(c2nc(NCC(c3ccccc3)c3ccccc3)c3ncn([C@@H]4O[C@H](CO)[C@@H](O)[C@H]4O)c3n2)C[C@H]1O)C(F)(F)F. The number of imidazole rings is 1. The number of aliphatic hydroxyl groups is 4. The van der Waals surface area contributed by atoms with Crippen molar-refractivity contribution in [1.29, 1.82) is 0 Å². The number of aliphatic hydroxyl groups excluding tert-OH is 4. The third kappa shape index (κ3) is 6.21. The van der Waals surface area contributed by atoms with Gasteiger partial charge in [-0.1, -0.05) is 60.7 Å². The summed E-state index contributed by atoms with van der Waals surface area (Å²) in [6, 6.07) is 19.5. The van der Waals surface area contributed by atoms with Crippen molar-refractivity contribution in [2.45, 2.75) is 48.8 Å². The van der Waals surface area contributed by atoms with Crippen molar-refractivity contribution < 1.29 is 47.9 Å². The van der Waals surface area contributed by atoms with Crippen molar-refractivity contribution in [2.24, 2.45) is 0 Å². The number of benzene rings is 2. The monoisotopic (exact) mass is 644 g/mol. The average molecular weight is 645 g/mol. The predicted molar refractivity (Wildman–Crippen MR) is 156 cm³/mol. The Balaban J connectivity index is 1.36. The molecule has 6 rings (SSSR count). The van der Waals surface area contributed by atoms with Crippen LogP contribution in [-0.2, 0) is 14.3 Å². The van der Waals surface area contributed by atoms with Gasteiger partial charge < -0.3 is 40.1 Å². The Hall–Kier alpha value is -4.35. The molecule has 2 fully saturated rings. The zero-order chi connectivity index (χ0) is 32.6. The van der Waals surface area contributed by atoms with E-state index in [9.17, 15) is 38.4 Å². The second-order valence-electron chi connectivity index (χ2n) is 11.1. The molecule has 5 N–H and O–H groups in total.